The zero-order chi connectivity index (χ0) is 21.8. The molecule has 0 fully saturated rings. The second-order valence-electron chi connectivity index (χ2n) is 8.26. The summed E-state index contributed by atoms with van der Waals surface area (Å²) in [6.07, 6.45) is 0. The van der Waals surface area contributed by atoms with Crippen LogP contribution in [0.2, 0.25) is 0 Å². The smallest absolute Gasteiger partial charge is 0.324 e. The fourth-order valence-electron chi connectivity index (χ4n) is 2.49. The van der Waals surface area contributed by atoms with Crippen LogP contribution in [0.5, 0.6) is 0 Å². The Balaban J connectivity index is 2.14. The molecule has 2 aromatic carbocycles. The summed E-state index contributed by atoms with van der Waals surface area (Å²) in [5, 5.41) is 0. The third-order valence-corrected chi connectivity index (χ3v) is 6.47. The molecule has 0 aliphatic carbocycles. The molecular weight excluding hydrogens is 406 g/mol. The number of benzene rings is 2. The monoisotopic (exact) mass is 435 g/mol. The lowest BCUT2D eigenvalue weighted by molar-refractivity contribution is -0.158. The Morgan fingerprint density at radius 1 is 0.966 bits per heavy atom. The Bertz CT molecular complexity index is 928. The van der Waals surface area contributed by atoms with Gasteiger partial charge in [0.15, 0.2) is 0 Å². The summed E-state index contributed by atoms with van der Waals surface area (Å²) in [6.45, 7) is 10.8. The molecule has 0 bridgehead atoms. The maximum absolute atomic E-state index is 12.8. The fraction of sp³-hybridized carbons (Fsp3) is 0.409. The van der Waals surface area contributed by atoms with E-state index < -0.39 is 27.6 Å². The summed E-state index contributed by atoms with van der Waals surface area (Å²) in [5.41, 5.74) is 0.497. The van der Waals surface area contributed by atoms with Gasteiger partial charge in [0.1, 0.15) is 11.6 Å². The average Bonchev–Trinajstić information content (AvgIpc) is 2.60. The Kier molecular flexibility index (Phi) is 7.54. The van der Waals surface area contributed by atoms with E-state index in [0.717, 1.165) is 9.79 Å². The minimum atomic E-state index is -3.86. The van der Waals surface area contributed by atoms with Crippen LogP contribution in [0.25, 0.3) is 0 Å². The van der Waals surface area contributed by atoms with Crippen molar-refractivity contribution in [3.8, 4) is 0 Å². The van der Waals surface area contributed by atoms with E-state index in [1.807, 2.05) is 31.2 Å². The van der Waals surface area contributed by atoms with Gasteiger partial charge >= 0.3 is 5.97 Å². The summed E-state index contributed by atoms with van der Waals surface area (Å²) < 4.78 is 33.5. The van der Waals surface area contributed by atoms with Crippen molar-refractivity contribution < 1.29 is 17.9 Å². The third-order valence-electron chi connectivity index (χ3n) is 4.00. The van der Waals surface area contributed by atoms with Crippen molar-refractivity contribution in [1.29, 1.82) is 0 Å². The van der Waals surface area contributed by atoms with Crippen LogP contribution in [-0.2, 0) is 19.6 Å². The van der Waals surface area contributed by atoms with Gasteiger partial charge in [0.05, 0.1) is 4.90 Å². The first kappa shape index (κ1) is 23.4. The lowest BCUT2D eigenvalue weighted by Crippen LogP contribution is -2.47. The zero-order valence-corrected chi connectivity index (χ0v) is 19.4. The van der Waals surface area contributed by atoms with Gasteiger partial charge in [-0.25, -0.2) is 8.42 Å². The second kappa shape index (κ2) is 9.32. The number of nitrogens with one attached hydrogen (secondary N) is 1. The van der Waals surface area contributed by atoms with Crippen molar-refractivity contribution >= 4 is 27.8 Å². The van der Waals surface area contributed by atoms with Crippen LogP contribution >= 0.6 is 11.8 Å². The number of hydrogen-bond acceptors (Lipinski definition) is 5. The normalized spacial score (nSPS) is 13.3. The van der Waals surface area contributed by atoms with Crippen molar-refractivity contribution in [3.05, 3.63) is 54.1 Å². The molecule has 158 valence electrons. The van der Waals surface area contributed by atoms with Crippen LogP contribution in [0, 0.1) is 12.8 Å². The summed E-state index contributed by atoms with van der Waals surface area (Å²) in [6, 6.07) is 13.8. The molecule has 1 N–H and O–H groups in total. The van der Waals surface area contributed by atoms with Crippen molar-refractivity contribution in [2.45, 2.75) is 67.9 Å². The lowest BCUT2D eigenvalue weighted by atomic mass is 10.1. The maximum Gasteiger partial charge on any atom is 0.324 e. The topological polar surface area (TPSA) is 72.5 Å². The van der Waals surface area contributed by atoms with Crippen molar-refractivity contribution in [3.63, 3.8) is 0 Å². The number of carbonyl (C=O) groups is 1. The standard InChI is InChI=1S/C22H29NO4S2/c1-15(2)20(21(24)27-22(4,5)6)23-29(25,26)19-13-11-18(12-14-19)28-17-9-7-16(3)8-10-17/h7-15,20,23H,1-6H3/t20-/m1/s1. The average molecular weight is 436 g/mol. The molecule has 2 rings (SSSR count). The third kappa shape index (κ3) is 7.17. The number of rotatable bonds is 7. The van der Waals surface area contributed by atoms with Gasteiger partial charge in [-0.15, -0.1) is 0 Å². The summed E-state index contributed by atoms with van der Waals surface area (Å²) in [5.74, 6) is -0.835. The van der Waals surface area contributed by atoms with E-state index in [4.69, 9.17) is 4.74 Å². The summed E-state index contributed by atoms with van der Waals surface area (Å²) in [7, 11) is -3.86. The molecule has 0 aromatic heterocycles. The van der Waals surface area contributed by atoms with E-state index >= 15 is 0 Å². The van der Waals surface area contributed by atoms with Crippen LogP contribution < -0.4 is 4.72 Å². The number of hydrogen-bond donors (Lipinski definition) is 1. The van der Waals surface area contributed by atoms with Gasteiger partial charge in [-0.1, -0.05) is 43.3 Å². The molecular formula is C22H29NO4S2. The first-order chi connectivity index (χ1) is 13.4. The van der Waals surface area contributed by atoms with E-state index in [0.29, 0.717) is 0 Å². The Morgan fingerprint density at radius 2 is 1.45 bits per heavy atom. The number of sulfonamides is 1. The number of esters is 1. The van der Waals surface area contributed by atoms with Gasteiger partial charge in [-0.2, -0.15) is 4.72 Å². The fourth-order valence-corrected chi connectivity index (χ4v) is 4.64. The van der Waals surface area contributed by atoms with Gasteiger partial charge in [-0.3, -0.25) is 4.79 Å². The Morgan fingerprint density at radius 3 is 1.90 bits per heavy atom. The maximum atomic E-state index is 12.8. The Hall–Kier alpha value is -1.83. The molecule has 5 nitrogen and oxygen atoms in total. The van der Waals surface area contributed by atoms with E-state index in [1.54, 1.807) is 70.6 Å². The molecule has 0 aliphatic heterocycles. The number of ether oxygens (including phenoxy) is 1. The molecule has 0 amide bonds. The van der Waals surface area contributed by atoms with Gasteiger partial charge in [0, 0.05) is 9.79 Å². The Labute approximate surface area is 178 Å². The van der Waals surface area contributed by atoms with Crippen molar-refractivity contribution in [1.82, 2.24) is 4.72 Å². The number of aryl methyl sites for hydroxylation is 1. The molecule has 0 saturated carbocycles. The molecule has 2 aromatic rings. The quantitative estimate of drug-likeness (QED) is 0.633. The lowest BCUT2D eigenvalue weighted by Gasteiger charge is -2.26. The minimum Gasteiger partial charge on any atom is -0.459 e. The molecule has 0 heterocycles. The van der Waals surface area contributed by atoms with Gasteiger partial charge in [0.25, 0.3) is 0 Å². The largest absolute Gasteiger partial charge is 0.459 e. The van der Waals surface area contributed by atoms with Crippen LogP contribution in [0.1, 0.15) is 40.2 Å². The van der Waals surface area contributed by atoms with E-state index in [2.05, 4.69) is 4.72 Å². The van der Waals surface area contributed by atoms with Gasteiger partial charge < -0.3 is 4.74 Å². The highest BCUT2D eigenvalue weighted by Crippen LogP contribution is 2.28. The zero-order valence-electron chi connectivity index (χ0n) is 17.7. The first-order valence-electron chi connectivity index (χ1n) is 9.47. The summed E-state index contributed by atoms with van der Waals surface area (Å²) in [4.78, 5) is 14.6. The SMILES string of the molecule is Cc1ccc(Sc2ccc(S(=O)(=O)N[C@@H](C(=O)OC(C)(C)C)C(C)C)cc2)cc1. The van der Waals surface area contributed by atoms with Crippen LogP contribution in [-0.4, -0.2) is 26.0 Å². The minimum absolute atomic E-state index is 0.111. The van der Waals surface area contributed by atoms with Crippen LogP contribution in [0.3, 0.4) is 0 Å². The predicted molar refractivity (Wildman–Crippen MR) is 117 cm³/mol. The molecule has 0 saturated heterocycles. The van der Waals surface area contributed by atoms with E-state index in [-0.39, 0.29) is 10.8 Å². The number of carbonyl (C=O) groups excluding carboxylic acids is 1. The second-order valence-corrected chi connectivity index (χ2v) is 11.1. The van der Waals surface area contributed by atoms with Gasteiger partial charge in [-0.05, 0) is 70.0 Å². The molecule has 0 aliphatic rings. The van der Waals surface area contributed by atoms with Crippen molar-refractivity contribution in [2.24, 2.45) is 5.92 Å². The summed E-state index contributed by atoms with van der Waals surface area (Å²) >= 11 is 1.56. The molecule has 0 radical (unpaired) electrons. The molecule has 0 spiro atoms. The van der Waals surface area contributed by atoms with Crippen LogP contribution in [0.15, 0.2) is 63.2 Å². The first-order valence-corrected chi connectivity index (χ1v) is 11.8. The molecule has 1 atom stereocenters. The van der Waals surface area contributed by atoms with E-state index in [1.165, 1.54) is 5.56 Å². The predicted octanol–water partition coefficient (Wildman–Crippen LogP) is 4.79. The molecule has 29 heavy (non-hydrogen) atoms. The molecule has 0 unspecified atom stereocenters. The molecule has 7 heteroatoms. The highest BCUT2D eigenvalue weighted by Gasteiger charge is 2.32. The van der Waals surface area contributed by atoms with Crippen molar-refractivity contribution in [2.75, 3.05) is 0 Å². The van der Waals surface area contributed by atoms with Crippen LogP contribution in [0.4, 0.5) is 0 Å². The van der Waals surface area contributed by atoms with E-state index in [9.17, 15) is 13.2 Å². The highest BCUT2D eigenvalue weighted by atomic mass is 32.2. The van der Waals surface area contributed by atoms with Gasteiger partial charge in [0.2, 0.25) is 10.0 Å². The highest BCUT2D eigenvalue weighted by molar-refractivity contribution is 7.99.